The van der Waals surface area contributed by atoms with Gasteiger partial charge in [-0.05, 0) is 43.6 Å². The molecule has 0 aromatic rings. The summed E-state index contributed by atoms with van der Waals surface area (Å²) in [5.74, 6) is 0. The monoisotopic (exact) mass is 327 g/mol. The third-order valence-corrected chi connectivity index (χ3v) is 3.22. The summed E-state index contributed by atoms with van der Waals surface area (Å²) >= 11 is 0. The first-order valence-electron chi connectivity index (χ1n) is 8.57. The molecule has 1 unspecified atom stereocenters. The zero-order valence-electron chi connectivity index (χ0n) is 16.4. The first kappa shape index (κ1) is 24.0. The van der Waals surface area contributed by atoms with Crippen molar-refractivity contribution in [3.05, 3.63) is 34.7 Å². The highest BCUT2D eigenvalue weighted by atomic mass is 17.1. The minimum atomic E-state index is 0.428. The number of rotatable bonds is 2. The quantitative estimate of drug-likeness (QED) is 0.527. The maximum absolute atomic E-state index is 7.07. The van der Waals surface area contributed by atoms with E-state index in [-0.39, 0.29) is 0 Å². The molecule has 2 rings (SSSR count). The minimum Gasteiger partial charge on any atom is -0.384 e. The highest BCUT2D eigenvalue weighted by Crippen LogP contribution is 2.25. The molecule has 0 bridgehead atoms. The van der Waals surface area contributed by atoms with Gasteiger partial charge in [0.15, 0.2) is 0 Å². The van der Waals surface area contributed by atoms with E-state index in [2.05, 4.69) is 60.6 Å². The predicted molar refractivity (Wildman–Crippen MR) is 99.9 cm³/mol. The van der Waals surface area contributed by atoms with Crippen LogP contribution in [0, 0.1) is 0 Å². The Kier molecular flexibility index (Phi) is 14.9. The van der Waals surface area contributed by atoms with Crippen LogP contribution in [0.5, 0.6) is 0 Å². The van der Waals surface area contributed by atoms with Crippen molar-refractivity contribution in [3.8, 4) is 0 Å². The van der Waals surface area contributed by atoms with Crippen molar-refractivity contribution in [3.63, 3.8) is 0 Å². The molecular weight excluding hydrogens is 290 g/mol. The Morgan fingerprint density at radius 1 is 1.30 bits per heavy atom. The fourth-order valence-electron chi connectivity index (χ4n) is 2.32. The van der Waals surface area contributed by atoms with Crippen LogP contribution in [-0.4, -0.2) is 37.0 Å². The summed E-state index contributed by atoms with van der Waals surface area (Å²) in [4.78, 5) is 3.25. The van der Waals surface area contributed by atoms with Gasteiger partial charge in [-0.1, -0.05) is 34.6 Å². The molecule has 0 aliphatic carbocycles. The molecule has 2 heterocycles. The Hall–Kier alpha value is -1.30. The van der Waals surface area contributed by atoms with Crippen molar-refractivity contribution in [1.29, 1.82) is 0 Å². The number of dihydropyridines is 1. The molecule has 0 aromatic heterocycles. The highest BCUT2D eigenvalue weighted by molar-refractivity contribution is 5.44. The van der Waals surface area contributed by atoms with Gasteiger partial charge >= 0.3 is 0 Å². The zero-order valence-corrected chi connectivity index (χ0v) is 16.4. The summed E-state index contributed by atoms with van der Waals surface area (Å²) in [7, 11) is 3.26. The molecule has 0 radical (unpaired) electrons. The van der Waals surface area contributed by atoms with E-state index in [9.17, 15) is 0 Å². The van der Waals surface area contributed by atoms with Crippen LogP contribution in [0.25, 0.3) is 0 Å². The van der Waals surface area contributed by atoms with E-state index >= 15 is 0 Å². The molecule has 0 saturated heterocycles. The maximum atomic E-state index is 7.07. The summed E-state index contributed by atoms with van der Waals surface area (Å²) in [6.07, 6.45) is 5.62. The molecule has 0 aromatic carbocycles. The Morgan fingerprint density at radius 2 is 1.83 bits per heavy atom. The van der Waals surface area contributed by atoms with Crippen molar-refractivity contribution >= 4 is 0 Å². The zero-order chi connectivity index (χ0) is 18.4. The van der Waals surface area contributed by atoms with E-state index < -0.39 is 0 Å². The summed E-state index contributed by atoms with van der Waals surface area (Å²) in [5.41, 5.74) is 8.79. The normalized spacial score (nSPS) is 19.0. The number of hydrogen-bond acceptors (Lipinski definition) is 5. The van der Waals surface area contributed by atoms with E-state index in [1.807, 2.05) is 27.7 Å². The molecule has 2 aliphatic rings. The number of likely N-dealkylation sites (N-methyl/N-ethyl adjacent to an activating group) is 1. The van der Waals surface area contributed by atoms with Crippen LogP contribution in [0.2, 0.25) is 0 Å². The number of nitrogens with zero attached hydrogens (tertiary/aromatic N) is 1. The first-order chi connectivity index (χ1) is 11.0. The predicted octanol–water partition coefficient (Wildman–Crippen LogP) is 4.08. The van der Waals surface area contributed by atoms with E-state index in [1.54, 1.807) is 0 Å². The van der Waals surface area contributed by atoms with Crippen molar-refractivity contribution in [2.75, 3.05) is 20.7 Å². The smallest absolute Gasteiger partial charge is 0.0710 e. The molecule has 3 N–H and O–H groups in total. The third kappa shape index (κ3) is 8.21. The van der Waals surface area contributed by atoms with Gasteiger partial charge in [0, 0.05) is 25.3 Å². The molecule has 2 aliphatic heterocycles. The SMILES string of the molecule is CC.CC.CCC1=CC(C)=C(C2=CC(C)NN2C)CN1.COO. The van der Waals surface area contributed by atoms with Gasteiger partial charge in [0.2, 0.25) is 0 Å². The van der Waals surface area contributed by atoms with E-state index in [1.165, 1.54) is 29.7 Å². The second kappa shape index (κ2) is 14.3. The van der Waals surface area contributed by atoms with Crippen LogP contribution in [-0.2, 0) is 4.89 Å². The van der Waals surface area contributed by atoms with Crippen molar-refractivity contribution in [1.82, 2.24) is 15.8 Å². The van der Waals surface area contributed by atoms with Gasteiger partial charge in [0.25, 0.3) is 0 Å². The fourth-order valence-corrected chi connectivity index (χ4v) is 2.32. The Labute approximate surface area is 143 Å². The lowest BCUT2D eigenvalue weighted by atomic mass is 10.0. The average molecular weight is 328 g/mol. The lowest BCUT2D eigenvalue weighted by molar-refractivity contribution is -0.214. The maximum Gasteiger partial charge on any atom is 0.0710 e. The summed E-state index contributed by atoms with van der Waals surface area (Å²) in [5, 5.41) is 12.7. The topological polar surface area (TPSA) is 56.8 Å². The minimum absolute atomic E-state index is 0.428. The molecule has 0 spiro atoms. The summed E-state index contributed by atoms with van der Waals surface area (Å²) in [6.45, 7) is 15.5. The molecule has 0 saturated carbocycles. The van der Waals surface area contributed by atoms with E-state index in [4.69, 9.17) is 5.26 Å². The molecule has 5 heteroatoms. The van der Waals surface area contributed by atoms with Gasteiger partial charge in [-0.25, -0.2) is 10.3 Å². The number of hydrogen-bond donors (Lipinski definition) is 3. The summed E-state index contributed by atoms with van der Waals surface area (Å²) in [6, 6.07) is 0.428. The lowest BCUT2D eigenvalue weighted by Crippen LogP contribution is -2.34. The van der Waals surface area contributed by atoms with Gasteiger partial charge < -0.3 is 10.3 Å². The third-order valence-electron chi connectivity index (χ3n) is 3.22. The molecule has 0 fully saturated rings. The van der Waals surface area contributed by atoms with Crippen molar-refractivity contribution in [2.24, 2.45) is 0 Å². The van der Waals surface area contributed by atoms with Crippen molar-refractivity contribution in [2.45, 2.75) is 60.9 Å². The van der Waals surface area contributed by atoms with Gasteiger partial charge in [0.05, 0.1) is 12.8 Å². The standard InChI is InChI=1S/C13H21N3.2C2H6.CH4O2/c1-5-11-6-9(2)12(8-14-11)13-7-10(3)15-16(13)4;2*1-2;1-3-2/h6-7,10,14-15H,5,8H2,1-4H3;2*1-2H3;2H,1H3. The van der Waals surface area contributed by atoms with Crippen LogP contribution in [0.1, 0.15) is 54.9 Å². The average Bonchev–Trinajstić information content (AvgIpc) is 2.90. The van der Waals surface area contributed by atoms with Crippen LogP contribution >= 0.6 is 0 Å². The summed E-state index contributed by atoms with van der Waals surface area (Å²) < 4.78 is 0. The number of nitrogens with one attached hydrogen (secondary N) is 2. The molecule has 136 valence electrons. The Bertz CT molecular complexity index is 401. The highest BCUT2D eigenvalue weighted by Gasteiger charge is 2.22. The van der Waals surface area contributed by atoms with Gasteiger partial charge in [-0.15, -0.1) is 0 Å². The molecule has 5 nitrogen and oxygen atoms in total. The van der Waals surface area contributed by atoms with E-state index in [0.29, 0.717) is 6.04 Å². The Balaban J connectivity index is 0. The number of hydrazine groups is 1. The molecular formula is C18H37N3O2. The van der Waals surface area contributed by atoms with Crippen LogP contribution in [0.3, 0.4) is 0 Å². The van der Waals surface area contributed by atoms with Gasteiger partial charge in [-0.2, -0.15) is 0 Å². The number of allylic oxidation sites excluding steroid dienone is 3. The van der Waals surface area contributed by atoms with E-state index in [0.717, 1.165) is 13.0 Å². The van der Waals surface area contributed by atoms with Gasteiger partial charge in [-0.3, -0.25) is 5.26 Å². The van der Waals surface area contributed by atoms with Crippen LogP contribution < -0.4 is 10.7 Å². The Morgan fingerprint density at radius 3 is 2.17 bits per heavy atom. The van der Waals surface area contributed by atoms with Crippen molar-refractivity contribution < 1.29 is 10.1 Å². The second-order valence-corrected chi connectivity index (χ2v) is 4.75. The molecule has 0 amide bonds. The molecule has 23 heavy (non-hydrogen) atoms. The van der Waals surface area contributed by atoms with Crippen LogP contribution in [0.15, 0.2) is 34.7 Å². The first-order valence-corrected chi connectivity index (χ1v) is 8.57. The van der Waals surface area contributed by atoms with Crippen LogP contribution in [0.4, 0.5) is 0 Å². The lowest BCUT2D eigenvalue weighted by Gasteiger charge is -2.25. The van der Waals surface area contributed by atoms with Gasteiger partial charge in [0.1, 0.15) is 0 Å². The second-order valence-electron chi connectivity index (χ2n) is 4.75. The largest absolute Gasteiger partial charge is 0.384 e. The fraction of sp³-hybridized carbons (Fsp3) is 0.667. The molecule has 1 atom stereocenters.